The smallest absolute Gasteiger partial charge is 0.0820 e. The van der Waals surface area contributed by atoms with Gasteiger partial charge in [-0.15, -0.1) is 0 Å². The Kier molecular flexibility index (Phi) is 5.87. The topological polar surface area (TPSA) is 62.4 Å². The first-order valence-electron chi connectivity index (χ1n) is 7.20. The van der Waals surface area contributed by atoms with E-state index in [4.69, 9.17) is 5.73 Å². The van der Waals surface area contributed by atoms with Crippen molar-refractivity contribution in [3.8, 4) is 0 Å². The Hall–Kier alpha value is -1.75. The van der Waals surface area contributed by atoms with Crippen LogP contribution in [0.1, 0.15) is 11.1 Å². The highest BCUT2D eigenvalue weighted by Gasteiger charge is 2.17. The van der Waals surface area contributed by atoms with Crippen LogP contribution in [0.4, 0.5) is 0 Å². The monoisotopic (exact) mass is 285 g/mol. The molecule has 0 bridgehead atoms. The Morgan fingerprint density at radius 2 is 1.76 bits per heavy atom. The molecule has 21 heavy (non-hydrogen) atoms. The number of nitrogens with two attached hydrogens (primary N) is 1. The summed E-state index contributed by atoms with van der Waals surface area (Å²) in [6.45, 7) is 1.33. The van der Waals surface area contributed by atoms with Crippen LogP contribution in [0.2, 0.25) is 0 Å². The van der Waals surface area contributed by atoms with Gasteiger partial charge in [-0.25, -0.2) is 0 Å². The van der Waals surface area contributed by atoms with Crippen molar-refractivity contribution in [1.29, 1.82) is 0 Å². The van der Waals surface area contributed by atoms with Gasteiger partial charge in [0.05, 0.1) is 6.10 Å². The van der Waals surface area contributed by atoms with Gasteiger partial charge in [0.1, 0.15) is 0 Å². The van der Waals surface area contributed by atoms with Crippen LogP contribution in [0, 0.1) is 0 Å². The largest absolute Gasteiger partial charge is 0.390 e. The summed E-state index contributed by atoms with van der Waals surface area (Å²) in [5, 5.41) is 10.2. The molecule has 0 radical (unpaired) electrons. The third-order valence-corrected chi connectivity index (χ3v) is 3.51. The molecule has 0 saturated carbocycles. The van der Waals surface area contributed by atoms with E-state index in [0.717, 1.165) is 12.1 Å². The molecular formula is C17H23N3O. The number of hydrogen-bond acceptors (Lipinski definition) is 4. The number of nitrogens with zero attached hydrogens (tertiary/aromatic N) is 2. The summed E-state index contributed by atoms with van der Waals surface area (Å²) in [4.78, 5) is 6.08. The van der Waals surface area contributed by atoms with Gasteiger partial charge in [0.25, 0.3) is 0 Å². The summed E-state index contributed by atoms with van der Waals surface area (Å²) in [6, 6.07) is 13.7. The standard InChI is InChI=1S/C17H23N3O/c1-20(12-15-7-9-19-10-8-15)13-17(21)16(18)11-14-5-3-2-4-6-14/h2-10,16-17,21H,11-13,18H2,1H3. The number of aromatic nitrogens is 1. The molecule has 4 nitrogen and oxygen atoms in total. The molecule has 0 saturated heterocycles. The average Bonchev–Trinajstić information content (AvgIpc) is 2.49. The number of hydrogen-bond donors (Lipinski definition) is 2. The van der Waals surface area contributed by atoms with E-state index in [0.29, 0.717) is 13.0 Å². The summed E-state index contributed by atoms with van der Waals surface area (Å²) in [7, 11) is 1.99. The summed E-state index contributed by atoms with van der Waals surface area (Å²) < 4.78 is 0. The van der Waals surface area contributed by atoms with Gasteiger partial charge in [-0.3, -0.25) is 9.88 Å². The molecule has 0 aliphatic heterocycles. The lowest BCUT2D eigenvalue weighted by molar-refractivity contribution is 0.0992. The Morgan fingerprint density at radius 1 is 1.10 bits per heavy atom. The number of aliphatic hydroxyl groups is 1. The third-order valence-electron chi connectivity index (χ3n) is 3.51. The van der Waals surface area contributed by atoms with Crippen molar-refractivity contribution >= 4 is 0 Å². The molecule has 2 unspecified atom stereocenters. The fourth-order valence-corrected chi connectivity index (χ4v) is 2.34. The predicted octanol–water partition coefficient (Wildman–Crippen LogP) is 1.44. The van der Waals surface area contributed by atoms with Crippen molar-refractivity contribution in [3.05, 3.63) is 66.0 Å². The van der Waals surface area contributed by atoms with E-state index in [1.165, 1.54) is 5.56 Å². The Balaban J connectivity index is 1.81. The normalized spacial score (nSPS) is 14.1. The lowest BCUT2D eigenvalue weighted by atomic mass is 10.0. The van der Waals surface area contributed by atoms with Crippen molar-refractivity contribution < 1.29 is 5.11 Å². The second-order valence-electron chi connectivity index (χ2n) is 5.47. The van der Waals surface area contributed by atoms with Gasteiger partial charge in [0, 0.05) is 31.5 Å². The van der Waals surface area contributed by atoms with Crippen molar-refractivity contribution in [2.24, 2.45) is 5.73 Å². The van der Waals surface area contributed by atoms with Crippen LogP contribution < -0.4 is 5.73 Å². The molecule has 4 heteroatoms. The SMILES string of the molecule is CN(Cc1ccncc1)CC(O)C(N)Cc1ccccc1. The molecule has 2 aromatic rings. The van der Waals surface area contributed by atoms with Crippen LogP contribution in [-0.4, -0.2) is 40.7 Å². The third kappa shape index (κ3) is 5.27. The van der Waals surface area contributed by atoms with Crippen LogP contribution in [0.3, 0.4) is 0 Å². The van der Waals surface area contributed by atoms with Gasteiger partial charge in [-0.2, -0.15) is 0 Å². The van der Waals surface area contributed by atoms with Gasteiger partial charge in [-0.1, -0.05) is 30.3 Å². The molecule has 2 rings (SSSR count). The zero-order valence-electron chi connectivity index (χ0n) is 12.4. The minimum atomic E-state index is -0.544. The van der Waals surface area contributed by atoms with Crippen LogP contribution in [-0.2, 0) is 13.0 Å². The van der Waals surface area contributed by atoms with Crippen molar-refractivity contribution in [2.75, 3.05) is 13.6 Å². The zero-order chi connectivity index (χ0) is 15.1. The van der Waals surface area contributed by atoms with E-state index in [-0.39, 0.29) is 6.04 Å². The number of pyridine rings is 1. The van der Waals surface area contributed by atoms with Gasteiger partial charge in [0.15, 0.2) is 0 Å². The quantitative estimate of drug-likeness (QED) is 0.808. The number of benzene rings is 1. The molecule has 1 aromatic heterocycles. The fourth-order valence-electron chi connectivity index (χ4n) is 2.34. The molecule has 0 fully saturated rings. The highest BCUT2D eigenvalue weighted by molar-refractivity contribution is 5.16. The van der Waals surface area contributed by atoms with E-state index in [9.17, 15) is 5.11 Å². The minimum absolute atomic E-state index is 0.257. The lowest BCUT2D eigenvalue weighted by Gasteiger charge is -2.24. The van der Waals surface area contributed by atoms with E-state index in [1.807, 2.05) is 49.5 Å². The van der Waals surface area contributed by atoms with Crippen LogP contribution >= 0.6 is 0 Å². The number of likely N-dealkylation sites (N-methyl/N-ethyl adjacent to an activating group) is 1. The Labute approximate surface area is 126 Å². The zero-order valence-corrected chi connectivity index (χ0v) is 12.4. The first-order chi connectivity index (χ1) is 10.1. The van der Waals surface area contributed by atoms with Crippen molar-refractivity contribution in [3.63, 3.8) is 0 Å². The second kappa shape index (κ2) is 7.88. The maximum absolute atomic E-state index is 10.2. The maximum atomic E-state index is 10.2. The van der Waals surface area contributed by atoms with Crippen molar-refractivity contribution in [1.82, 2.24) is 9.88 Å². The van der Waals surface area contributed by atoms with Crippen molar-refractivity contribution in [2.45, 2.75) is 25.1 Å². The first kappa shape index (κ1) is 15.6. The first-order valence-corrected chi connectivity index (χ1v) is 7.20. The van der Waals surface area contributed by atoms with Gasteiger partial charge < -0.3 is 10.8 Å². The van der Waals surface area contributed by atoms with Gasteiger partial charge in [-0.05, 0) is 36.7 Å². The van der Waals surface area contributed by atoms with Crippen LogP contribution in [0.25, 0.3) is 0 Å². The molecule has 1 aromatic carbocycles. The molecule has 2 atom stereocenters. The fraction of sp³-hybridized carbons (Fsp3) is 0.353. The second-order valence-corrected chi connectivity index (χ2v) is 5.47. The molecule has 3 N–H and O–H groups in total. The number of rotatable bonds is 7. The average molecular weight is 285 g/mol. The van der Waals surface area contributed by atoms with Crippen LogP contribution in [0.5, 0.6) is 0 Å². The minimum Gasteiger partial charge on any atom is -0.390 e. The summed E-state index contributed by atoms with van der Waals surface area (Å²) in [5.41, 5.74) is 8.43. The maximum Gasteiger partial charge on any atom is 0.0820 e. The highest BCUT2D eigenvalue weighted by Crippen LogP contribution is 2.07. The Morgan fingerprint density at radius 3 is 2.43 bits per heavy atom. The van der Waals surface area contributed by atoms with E-state index in [2.05, 4.69) is 9.88 Å². The van der Waals surface area contributed by atoms with E-state index in [1.54, 1.807) is 12.4 Å². The molecule has 0 aliphatic carbocycles. The molecule has 1 heterocycles. The van der Waals surface area contributed by atoms with E-state index >= 15 is 0 Å². The molecular weight excluding hydrogens is 262 g/mol. The highest BCUT2D eigenvalue weighted by atomic mass is 16.3. The summed E-state index contributed by atoms with van der Waals surface area (Å²) in [6.07, 6.45) is 3.70. The summed E-state index contributed by atoms with van der Waals surface area (Å²) >= 11 is 0. The number of aliphatic hydroxyl groups excluding tert-OH is 1. The molecule has 0 aliphatic rings. The molecule has 0 spiro atoms. The van der Waals surface area contributed by atoms with E-state index < -0.39 is 6.10 Å². The van der Waals surface area contributed by atoms with Crippen LogP contribution in [0.15, 0.2) is 54.9 Å². The predicted molar refractivity (Wildman–Crippen MR) is 84.7 cm³/mol. The lowest BCUT2D eigenvalue weighted by Crippen LogP contribution is -2.43. The van der Waals surface area contributed by atoms with Gasteiger partial charge in [0.2, 0.25) is 0 Å². The van der Waals surface area contributed by atoms with Gasteiger partial charge >= 0.3 is 0 Å². The molecule has 112 valence electrons. The summed E-state index contributed by atoms with van der Waals surface area (Å²) in [5.74, 6) is 0. The molecule has 0 amide bonds. The Bertz CT molecular complexity index is 518.